The van der Waals surface area contributed by atoms with Gasteiger partial charge in [0, 0.05) is 25.4 Å². The maximum atomic E-state index is 5.48. The summed E-state index contributed by atoms with van der Waals surface area (Å²) < 4.78 is 1.38. The monoisotopic (exact) mass is 218 g/mol. The molecule has 0 spiro atoms. The van der Waals surface area contributed by atoms with Crippen LogP contribution in [0.2, 0.25) is 0 Å². The van der Waals surface area contributed by atoms with E-state index in [-0.39, 0.29) is 0 Å². The van der Waals surface area contributed by atoms with Gasteiger partial charge in [-0.05, 0) is 18.4 Å². The van der Waals surface area contributed by atoms with Gasteiger partial charge in [0.05, 0.1) is 0 Å². The van der Waals surface area contributed by atoms with Crippen molar-refractivity contribution in [2.75, 3.05) is 0 Å². The van der Waals surface area contributed by atoms with Crippen LogP contribution in [0.3, 0.4) is 0 Å². The molecule has 0 amide bonds. The largest absolute Gasteiger partial charge is 0.140 e. The Morgan fingerprint density at radius 2 is 2.14 bits per heavy atom. The number of benzene rings is 1. The first-order chi connectivity index (χ1) is 6.77. The van der Waals surface area contributed by atoms with Crippen LogP contribution in [0.4, 0.5) is 0 Å². The molecule has 14 heavy (non-hydrogen) atoms. The average molecular weight is 218 g/mol. The van der Waals surface area contributed by atoms with Crippen molar-refractivity contribution in [2.45, 2.75) is 13.3 Å². The minimum absolute atomic E-state index is 0.566. The smallest absolute Gasteiger partial charge is 0.0352 e. The van der Waals surface area contributed by atoms with Crippen LogP contribution in [-0.2, 0) is 6.42 Å². The summed E-state index contributed by atoms with van der Waals surface area (Å²) in [5, 5.41) is 1.36. The highest BCUT2D eigenvalue weighted by Gasteiger charge is 2.27. The Labute approximate surface area is 92.6 Å². The van der Waals surface area contributed by atoms with Crippen LogP contribution in [0.25, 0.3) is 10.1 Å². The number of fused-ring (bicyclic) bond motifs is 3. The van der Waals surface area contributed by atoms with Crippen LogP contribution in [0, 0.1) is 5.92 Å². The number of hydrogen-bond acceptors (Lipinski definition) is 2. The summed E-state index contributed by atoms with van der Waals surface area (Å²) in [7, 11) is 0. The molecular formula is C12H10S2. The van der Waals surface area contributed by atoms with Gasteiger partial charge in [-0.3, -0.25) is 0 Å². The second kappa shape index (κ2) is 2.88. The predicted molar refractivity (Wildman–Crippen MR) is 66.4 cm³/mol. The van der Waals surface area contributed by atoms with Gasteiger partial charge in [-0.25, -0.2) is 0 Å². The van der Waals surface area contributed by atoms with E-state index in [2.05, 4.69) is 31.2 Å². The maximum Gasteiger partial charge on any atom is 0.0352 e. The van der Waals surface area contributed by atoms with Crippen LogP contribution in [0.1, 0.15) is 17.4 Å². The van der Waals surface area contributed by atoms with Crippen LogP contribution >= 0.6 is 23.6 Å². The van der Waals surface area contributed by atoms with Gasteiger partial charge in [0.25, 0.3) is 0 Å². The lowest BCUT2D eigenvalue weighted by Gasteiger charge is -2.00. The Morgan fingerprint density at radius 1 is 1.36 bits per heavy atom. The van der Waals surface area contributed by atoms with E-state index in [1.807, 2.05) is 11.3 Å². The van der Waals surface area contributed by atoms with Crippen molar-refractivity contribution in [3.8, 4) is 0 Å². The SMILES string of the molecule is CC1Cc2sc3ccccc3c2C1=S. The van der Waals surface area contributed by atoms with Crippen molar-refractivity contribution in [3.63, 3.8) is 0 Å². The van der Waals surface area contributed by atoms with E-state index < -0.39 is 0 Å². The van der Waals surface area contributed by atoms with Gasteiger partial charge in [-0.15, -0.1) is 11.3 Å². The summed E-state index contributed by atoms with van der Waals surface area (Å²) in [5.41, 5.74) is 1.37. The maximum absolute atomic E-state index is 5.48. The second-order valence-electron chi connectivity index (χ2n) is 3.87. The normalized spacial score (nSPS) is 20.4. The topological polar surface area (TPSA) is 0 Å². The Morgan fingerprint density at radius 3 is 3.00 bits per heavy atom. The summed E-state index contributed by atoms with van der Waals surface area (Å²) >= 11 is 7.39. The molecule has 1 heterocycles. The highest BCUT2D eigenvalue weighted by Crippen LogP contribution is 2.39. The Kier molecular flexibility index (Phi) is 1.76. The number of rotatable bonds is 0. The molecule has 2 heteroatoms. The molecule has 1 aromatic heterocycles. The minimum atomic E-state index is 0.566. The predicted octanol–water partition coefficient (Wildman–Crippen LogP) is 3.81. The standard InChI is InChI=1S/C12H10S2/c1-7-6-10-11(12(7)13)8-4-2-3-5-9(8)14-10/h2-5,7H,6H2,1H3. The summed E-state index contributed by atoms with van der Waals surface area (Å²) in [5.74, 6) is 0.566. The van der Waals surface area contributed by atoms with E-state index in [4.69, 9.17) is 12.2 Å². The third-order valence-electron chi connectivity index (χ3n) is 2.85. The molecule has 0 saturated carbocycles. The molecule has 0 fully saturated rings. The average Bonchev–Trinajstić information content (AvgIpc) is 2.65. The molecule has 0 saturated heterocycles. The van der Waals surface area contributed by atoms with E-state index in [0.717, 1.165) is 11.3 Å². The van der Waals surface area contributed by atoms with Gasteiger partial charge in [-0.1, -0.05) is 37.3 Å². The third-order valence-corrected chi connectivity index (χ3v) is 4.65. The summed E-state index contributed by atoms with van der Waals surface area (Å²) in [6.45, 7) is 2.23. The van der Waals surface area contributed by atoms with Crippen LogP contribution < -0.4 is 0 Å². The Hall–Kier alpha value is -0.730. The van der Waals surface area contributed by atoms with E-state index in [1.54, 1.807) is 0 Å². The molecule has 0 N–H and O–H groups in total. The molecule has 3 rings (SSSR count). The van der Waals surface area contributed by atoms with Crippen molar-refractivity contribution < 1.29 is 0 Å². The molecule has 0 bridgehead atoms. The summed E-state index contributed by atoms with van der Waals surface area (Å²) in [6, 6.07) is 8.57. The number of thiocarbonyl (C=S) groups is 1. The highest BCUT2D eigenvalue weighted by atomic mass is 32.1. The van der Waals surface area contributed by atoms with Gasteiger partial charge in [0.15, 0.2) is 0 Å². The fourth-order valence-corrected chi connectivity index (χ4v) is 3.86. The zero-order valence-corrected chi connectivity index (χ0v) is 9.54. The minimum Gasteiger partial charge on any atom is -0.140 e. The van der Waals surface area contributed by atoms with E-state index in [1.165, 1.54) is 20.5 Å². The molecule has 1 aliphatic carbocycles. The third kappa shape index (κ3) is 1.01. The second-order valence-corrected chi connectivity index (χ2v) is 5.44. The van der Waals surface area contributed by atoms with Gasteiger partial charge in [0.2, 0.25) is 0 Å². The molecule has 70 valence electrons. The molecule has 1 aromatic carbocycles. The van der Waals surface area contributed by atoms with Gasteiger partial charge >= 0.3 is 0 Å². The van der Waals surface area contributed by atoms with Crippen molar-refractivity contribution in [2.24, 2.45) is 5.92 Å². The van der Waals surface area contributed by atoms with Crippen molar-refractivity contribution in [1.29, 1.82) is 0 Å². The first kappa shape index (κ1) is 8.57. The number of thiophene rings is 1. The van der Waals surface area contributed by atoms with Crippen LogP contribution in [0.15, 0.2) is 24.3 Å². The molecule has 1 unspecified atom stereocenters. The van der Waals surface area contributed by atoms with E-state index in [9.17, 15) is 0 Å². The summed E-state index contributed by atoms with van der Waals surface area (Å²) in [6.07, 6.45) is 1.15. The Balaban J connectivity index is 2.38. The molecule has 2 aromatic rings. The molecule has 0 radical (unpaired) electrons. The lowest BCUT2D eigenvalue weighted by atomic mass is 10.1. The lowest BCUT2D eigenvalue weighted by molar-refractivity contribution is 0.818. The van der Waals surface area contributed by atoms with Crippen molar-refractivity contribution >= 4 is 38.5 Å². The van der Waals surface area contributed by atoms with Gasteiger partial charge in [0.1, 0.15) is 0 Å². The Bertz CT molecular complexity index is 522. The first-order valence-corrected chi connectivity index (χ1v) is 6.04. The van der Waals surface area contributed by atoms with Gasteiger partial charge < -0.3 is 0 Å². The highest BCUT2D eigenvalue weighted by molar-refractivity contribution is 7.81. The van der Waals surface area contributed by atoms with Gasteiger partial charge in [-0.2, -0.15) is 0 Å². The first-order valence-electron chi connectivity index (χ1n) is 4.82. The molecule has 1 atom stereocenters. The molecular weight excluding hydrogens is 208 g/mol. The zero-order valence-electron chi connectivity index (χ0n) is 7.91. The summed E-state index contributed by atoms with van der Waals surface area (Å²) in [4.78, 5) is 2.65. The molecule has 0 aliphatic heterocycles. The van der Waals surface area contributed by atoms with Crippen molar-refractivity contribution in [1.82, 2.24) is 0 Å². The van der Waals surface area contributed by atoms with Crippen molar-refractivity contribution in [3.05, 3.63) is 34.7 Å². The quantitative estimate of drug-likeness (QED) is 0.606. The molecule has 0 nitrogen and oxygen atoms in total. The fraction of sp³-hybridized carbons (Fsp3) is 0.250. The number of hydrogen-bond donors (Lipinski definition) is 0. The molecule has 1 aliphatic rings. The van der Waals surface area contributed by atoms with E-state index in [0.29, 0.717) is 5.92 Å². The van der Waals surface area contributed by atoms with Crippen LogP contribution in [0.5, 0.6) is 0 Å². The van der Waals surface area contributed by atoms with Crippen LogP contribution in [-0.4, -0.2) is 4.86 Å². The fourth-order valence-electron chi connectivity index (χ4n) is 2.13. The zero-order chi connectivity index (χ0) is 9.71. The lowest BCUT2D eigenvalue weighted by Crippen LogP contribution is -2.01. The van der Waals surface area contributed by atoms with E-state index >= 15 is 0 Å².